The number of nitrogens with one attached hydrogen (secondary N) is 2. The van der Waals surface area contributed by atoms with Crippen LogP contribution in [0, 0.1) is 0 Å². The summed E-state index contributed by atoms with van der Waals surface area (Å²) < 4.78 is 5.45. The van der Waals surface area contributed by atoms with Crippen LogP contribution in [-0.2, 0) is 6.42 Å². The van der Waals surface area contributed by atoms with Gasteiger partial charge in [-0.2, -0.15) is 0 Å². The summed E-state index contributed by atoms with van der Waals surface area (Å²) in [5, 5.41) is -0.00980. The Kier molecular flexibility index (Phi) is 4.15. The van der Waals surface area contributed by atoms with Crippen LogP contribution in [0.1, 0.15) is 21.9 Å². The van der Waals surface area contributed by atoms with Gasteiger partial charge in [0.1, 0.15) is 5.76 Å². The maximum atomic E-state index is 11.6. The zero-order valence-electron chi connectivity index (χ0n) is 10.1. The highest BCUT2D eigenvalue weighted by molar-refractivity contribution is 7.80. The molecular weight excluding hydrogens is 262 g/mol. The molecule has 0 atom stereocenters. The Morgan fingerprint density at radius 1 is 1.16 bits per heavy atom. The van der Waals surface area contributed by atoms with Gasteiger partial charge in [-0.3, -0.25) is 15.6 Å². The zero-order chi connectivity index (χ0) is 13.7. The van der Waals surface area contributed by atoms with Gasteiger partial charge in [-0.25, -0.2) is 0 Å². The van der Waals surface area contributed by atoms with E-state index in [0.29, 0.717) is 12.2 Å². The van der Waals surface area contributed by atoms with E-state index < -0.39 is 5.91 Å². The van der Waals surface area contributed by atoms with Gasteiger partial charge in [-0.1, -0.05) is 30.3 Å². The van der Waals surface area contributed by atoms with Gasteiger partial charge in [0.05, 0.1) is 0 Å². The van der Waals surface area contributed by atoms with Crippen LogP contribution >= 0.6 is 12.2 Å². The van der Waals surface area contributed by atoms with E-state index >= 15 is 0 Å². The highest BCUT2D eigenvalue weighted by Gasteiger charge is 2.11. The minimum atomic E-state index is -0.424. The third-order valence-corrected chi connectivity index (χ3v) is 2.51. The first-order chi connectivity index (χ1) is 9.15. The second-order valence-corrected chi connectivity index (χ2v) is 4.31. The number of hydrogen-bond acceptors (Lipinski definition) is 3. The molecule has 1 aromatic heterocycles. The van der Waals surface area contributed by atoms with Crippen molar-refractivity contribution >= 4 is 23.2 Å². The van der Waals surface area contributed by atoms with Gasteiger partial charge in [0.15, 0.2) is 10.9 Å². The summed E-state index contributed by atoms with van der Waals surface area (Å²) in [6.07, 6.45) is 0.636. The fourth-order valence-corrected chi connectivity index (χ4v) is 1.62. The molecule has 0 saturated carbocycles. The van der Waals surface area contributed by atoms with Crippen molar-refractivity contribution in [3.05, 3.63) is 59.5 Å². The molecule has 2 rings (SSSR count). The van der Waals surface area contributed by atoms with E-state index in [1.165, 1.54) is 0 Å². The number of amides is 1. The van der Waals surface area contributed by atoms with Gasteiger partial charge >= 0.3 is 5.91 Å². The highest BCUT2D eigenvalue weighted by atomic mass is 32.1. The molecule has 0 bridgehead atoms. The maximum Gasteiger partial charge on any atom is 0.305 e. The SMILES string of the molecule is NC(=S)NNC(=O)c1ccc(Cc2ccccc2)o1. The number of nitrogens with two attached hydrogens (primary N) is 1. The Morgan fingerprint density at radius 3 is 2.58 bits per heavy atom. The topological polar surface area (TPSA) is 80.3 Å². The third-order valence-electron chi connectivity index (χ3n) is 2.41. The smallest absolute Gasteiger partial charge is 0.305 e. The lowest BCUT2D eigenvalue weighted by Crippen LogP contribution is -2.44. The zero-order valence-corrected chi connectivity index (χ0v) is 10.9. The fourth-order valence-electron chi connectivity index (χ4n) is 1.57. The number of benzene rings is 1. The number of hydrazine groups is 1. The van der Waals surface area contributed by atoms with Crippen LogP contribution in [0.15, 0.2) is 46.9 Å². The molecule has 0 unspecified atom stereocenters. The molecule has 0 saturated heterocycles. The van der Waals surface area contributed by atoms with E-state index in [4.69, 9.17) is 10.2 Å². The summed E-state index contributed by atoms with van der Waals surface area (Å²) in [6.45, 7) is 0. The van der Waals surface area contributed by atoms with Crippen LogP contribution in [-0.4, -0.2) is 11.0 Å². The molecule has 4 N–H and O–H groups in total. The first kappa shape index (κ1) is 13.1. The molecule has 0 radical (unpaired) electrons. The van der Waals surface area contributed by atoms with Gasteiger partial charge in [0.25, 0.3) is 0 Å². The van der Waals surface area contributed by atoms with E-state index in [1.54, 1.807) is 12.1 Å². The molecule has 0 aliphatic carbocycles. The number of hydrogen-bond donors (Lipinski definition) is 3. The molecule has 1 amide bonds. The molecule has 98 valence electrons. The Balaban J connectivity index is 1.99. The number of carbonyl (C=O) groups is 1. The second kappa shape index (κ2) is 6.01. The predicted molar refractivity (Wildman–Crippen MR) is 75.3 cm³/mol. The maximum absolute atomic E-state index is 11.6. The van der Waals surface area contributed by atoms with Gasteiger partial charge in [0, 0.05) is 6.42 Å². The van der Waals surface area contributed by atoms with Gasteiger partial charge in [0.2, 0.25) is 0 Å². The summed E-state index contributed by atoms with van der Waals surface area (Å²) >= 11 is 4.58. The van der Waals surface area contributed by atoms with Gasteiger partial charge < -0.3 is 10.2 Å². The summed E-state index contributed by atoms with van der Waals surface area (Å²) in [6, 6.07) is 13.2. The minimum absolute atomic E-state index is 0.00980. The number of carbonyl (C=O) groups excluding carboxylic acids is 1. The van der Waals surface area contributed by atoms with E-state index in [2.05, 4.69) is 23.1 Å². The van der Waals surface area contributed by atoms with Crippen molar-refractivity contribution in [2.75, 3.05) is 0 Å². The molecular formula is C13H13N3O2S. The molecule has 5 nitrogen and oxygen atoms in total. The van der Waals surface area contributed by atoms with Gasteiger partial charge in [-0.15, -0.1) is 0 Å². The summed E-state index contributed by atoms with van der Waals surface area (Å²) in [4.78, 5) is 11.6. The molecule has 6 heteroatoms. The van der Waals surface area contributed by atoms with Crippen molar-refractivity contribution in [1.82, 2.24) is 10.9 Å². The molecule has 0 aliphatic rings. The van der Waals surface area contributed by atoms with Crippen molar-refractivity contribution in [2.24, 2.45) is 5.73 Å². The largest absolute Gasteiger partial charge is 0.456 e. The predicted octanol–water partition coefficient (Wildman–Crippen LogP) is 1.35. The molecule has 1 aromatic carbocycles. The van der Waals surface area contributed by atoms with Gasteiger partial charge in [-0.05, 0) is 29.9 Å². The van der Waals surface area contributed by atoms with E-state index in [0.717, 1.165) is 5.56 Å². The lowest BCUT2D eigenvalue weighted by atomic mass is 10.1. The quantitative estimate of drug-likeness (QED) is 0.582. The van der Waals surface area contributed by atoms with Crippen LogP contribution in [0.5, 0.6) is 0 Å². The monoisotopic (exact) mass is 275 g/mol. The average Bonchev–Trinajstić information content (AvgIpc) is 2.85. The molecule has 2 aromatic rings. The van der Waals surface area contributed by atoms with E-state index in [1.807, 2.05) is 30.3 Å². The summed E-state index contributed by atoms with van der Waals surface area (Å²) in [5.41, 5.74) is 11.0. The number of furan rings is 1. The van der Waals surface area contributed by atoms with E-state index in [-0.39, 0.29) is 10.9 Å². The highest BCUT2D eigenvalue weighted by Crippen LogP contribution is 2.13. The van der Waals surface area contributed by atoms with Crippen molar-refractivity contribution in [1.29, 1.82) is 0 Å². The van der Waals surface area contributed by atoms with Crippen LogP contribution < -0.4 is 16.6 Å². The van der Waals surface area contributed by atoms with Crippen molar-refractivity contribution in [2.45, 2.75) is 6.42 Å². The molecule has 1 heterocycles. The number of thiocarbonyl (C=S) groups is 1. The lowest BCUT2D eigenvalue weighted by Gasteiger charge is -2.03. The Bertz CT molecular complexity index is 581. The second-order valence-electron chi connectivity index (χ2n) is 3.87. The summed E-state index contributed by atoms with van der Waals surface area (Å²) in [7, 11) is 0. The van der Waals surface area contributed by atoms with Crippen LogP contribution in [0.25, 0.3) is 0 Å². The molecule has 0 fully saturated rings. The molecule has 19 heavy (non-hydrogen) atoms. The lowest BCUT2D eigenvalue weighted by molar-refractivity contribution is 0.0914. The standard InChI is InChI=1S/C13H13N3O2S/c14-13(19)16-15-12(17)11-7-6-10(18-11)8-9-4-2-1-3-5-9/h1-7H,8H2,(H,15,17)(H3,14,16,19). The number of rotatable bonds is 3. The third kappa shape index (κ3) is 3.82. The first-order valence-electron chi connectivity index (χ1n) is 5.63. The first-order valence-corrected chi connectivity index (χ1v) is 6.04. The fraction of sp³-hybridized carbons (Fsp3) is 0.0769. The summed E-state index contributed by atoms with van der Waals surface area (Å²) in [5.74, 6) is 0.494. The van der Waals surface area contributed by atoms with Crippen LogP contribution in [0.2, 0.25) is 0 Å². The Morgan fingerprint density at radius 2 is 1.89 bits per heavy atom. The van der Waals surface area contributed by atoms with Crippen LogP contribution in [0.3, 0.4) is 0 Å². The molecule has 0 spiro atoms. The van der Waals surface area contributed by atoms with E-state index in [9.17, 15) is 4.79 Å². The van der Waals surface area contributed by atoms with Crippen molar-refractivity contribution in [3.8, 4) is 0 Å². The normalized spacial score (nSPS) is 9.89. The molecule has 0 aliphatic heterocycles. The minimum Gasteiger partial charge on any atom is -0.456 e. The Hall–Kier alpha value is -2.34. The van der Waals surface area contributed by atoms with Crippen LogP contribution in [0.4, 0.5) is 0 Å². The van der Waals surface area contributed by atoms with Crippen molar-refractivity contribution < 1.29 is 9.21 Å². The van der Waals surface area contributed by atoms with Crippen molar-refractivity contribution in [3.63, 3.8) is 0 Å². The Labute approximate surface area is 115 Å². The average molecular weight is 275 g/mol.